The number of hydrogen-bond donors (Lipinski definition) is 3. The number of halogens is 1. The van der Waals surface area contributed by atoms with Crippen molar-refractivity contribution in [3.05, 3.63) is 28.8 Å². The van der Waals surface area contributed by atoms with Crippen molar-refractivity contribution >= 4 is 23.3 Å². The quantitative estimate of drug-likeness (QED) is 0.758. The van der Waals surface area contributed by atoms with Crippen LogP contribution in [-0.2, 0) is 0 Å². The van der Waals surface area contributed by atoms with E-state index in [2.05, 4.69) is 5.32 Å². The molecule has 0 saturated heterocycles. The monoisotopic (exact) mass is 257 g/mol. The van der Waals surface area contributed by atoms with Gasteiger partial charge in [0.2, 0.25) is 0 Å². The summed E-state index contributed by atoms with van der Waals surface area (Å²) in [6, 6.07) is 4.32. The molecule has 0 heterocycles. The van der Waals surface area contributed by atoms with Crippen LogP contribution < -0.4 is 5.32 Å². The minimum Gasteiger partial charge on any atom is -0.478 e. The Morgan fingerprint density at radius 1 is 1.47 bits per heavy atom. The maximum atomic E-state index is 11.0. The summed E-state index contributed by atoms with van der Waals surface area (Å²) in [5.74, 6) is -0.842. The van der Waals surface area contributed by atoms with Crippen LogP contribution in [0.2, 0.25) is 5.02 Å². The van der Waals surface area contributed by atoms with Crippen molar-refractivity contribution in [2.24, 2.45) is 5.92 Å². The Bertz CT molecular complexity index is 407. The Morgan fingerprint density at radius 2 is 2.12 bits per heavy atom. The largest absolute Gasteiger partial charge is 0.478 e. The van der Waals surface area contributed by atoms with Gasteiger partial charge < -0.3 is 15.5 Å². The van der Waals surface area contributed by atoms with Gasteiger partial charge in [-0.25, -0.2) is 4.79 Å². The van der Waals surface area contributed by atoms with E-state index in [1.54, 1.807) is 6.07 Å². The van der Waals surface area contributed by atoms with Crippen LogP contribution in [0.15, 0.2) is 18.2 Å². The molecule has 4 nitrogen and oxygen atoms in total. The van der Waals surface area contributed by atoms with Gasteiger partial charge in [-0.2, -0.15) is 0 Å². The number of carbonyl (C=O) groups is 1. The zero-order valence-electron chi connectivity index (χ0n) is 9.77. The molecule has 17 heavy (non-hydrogen) atoms. The zero-order valence-corrected chi connectivity index (χ0v) is 10.5. The molecule has 1 aromatic carbocycles. The van der Waals surface area contributed by atoms with Gasteiger partial charge in [0.1, 0.15) is 0 Å². The van der Waals surface area contributed by atoms with Crippen LogP contribution in [0.5, 0.6) is 0 Å². The smallest absolute Gasteiger partial charge is 0.337 e. The predicted molar refractivity (Wildman–Crippen MR) is 67.7 cm³/mol. The van der Waals surface area contributed by atoms with Gasteiger partial charge >= 0.3 is 5.97 Å². The Morgan fingerprint density at radius 3 is 2.59 bits per heavy atom. The van der Waals surface area contributed by atoms with Crippen LogP contribution in [0.1, 0.15) is 24.2 Å². The molecule has 0 fully saturated rings. The molecular weight excluding hydrogens is 242 g/mol. The number of aliphatic hydroxyl groups excluding tert-OH is 1. The van der Waals surface area contributed by atoms with E-state index >= 15 is 0 Å². The lowest BCUT2D eigenvalue weighted by Crippen LogP contribution is -2.30. The lowest BCUT2D eigenvalue weighted by atomic mass is 10.0. The van der Waals surface area contributed by atoms with E-state index in [1.807, 2.05) is 13.8 Å². The van der Waals surface area contributed by atoms with Gasteiger partial charge in [-0.15, -0.1) is 0 Å². The molecule has 0 bridgehead atoms. The van der Waals surface area contributed by atoms with Gasteiger partial charge in [-0.3, -0.25) is 0 Å². The third-order valence-corrected chi connectivity index (χ3v) is 2.79. The summed E-state index contributed by atoms with van der Waals surface area (Å²) in [4.78, 5) is 11.0. The van der Waals surface area contributed by atoms with E-state index in [9.17, 15) is 9.90 Å². The van der Waals surface area contributed by atoms with Gasteiger partial charge in [0.25, 0.3) is 0 Å². The fourth-order valence-corrected chi connectivity index (χ4v) is 1.62. The number of aliphatic hydroxyl groups is 1. The highest BCUT2D eigenvalue weighted by molar-refractivity contribution is 6.31. The minimum atomic E-state index is -1.02. The summed E-state index contributed by atoms with van der Waals surface area (Å²) in [6.45, 7) is 3.82. The first-order chi connectivity index (χ1) is 7.95. The Kier molecular flexibility index (Phi) is 4.78. The van der Waals surface area contributed by atoms with Gasteiger partial charge in [0.05, 0.1) is 23.9 Å². The molecule has 0 saturated carbocycles. The number of carboxylic acid groups (broad SMARTS) is 1. The highest BCUT2D eigenvalue weighted by atomic mass is 35.5. The molecule has 3 N–H and O–H groups in total. The predicted octanol–water partition coefficient (Wildman–Crippen LogP) is 2.47. The highest BCUT2D eigenvalue weighted by Gasteiger charge is 2.16. The van der Waals surface area contributed by atoms with Crippen LogP contribution in [0.4, 0.5) is 5.69 Å². The normalized spacial score (nSPS) is 12.5. The molecule has 94 valence electrons. The fraction of sp³-hybridized carbons (Fsp3) is 0.417. The van der Waals surface area contributed by atoms with E-state index < -0.39 is 5.97 Å². The summed E-state index contributed by atoms with van der Waals surface area (Å²) >= 11 is 5.83. The maximum Gasteiger partial charge on any atom is 0.337 e. The second-order valence-corrected chi connectivity index (χ2v) is 4.61. The number of carboxylic acids is 1. The molecule has 0 spiro atoms. The van der Waals surface area contributed by atoms with Crippen LogP contribution in [0.3, 0.4) is 0 Å². The van der Waals surface area contributed by atoms with Gasteiger partial charge in [0, 0.05) is 5.02 Å². The van der Waals surface area contributed by atoms with E-state index in [4.69, 9.17) is 16.7 Å². The Labute approximate surface area is 105 Å². The summed E-state index contributed by atoms with van der Waals surface area (Å²) in [6.07, 6.45) is 0. The van der Waals surface area contributed by atoms with Gasteiger partial charge in [0.15, 0.2) is 0 Å². The van der Waals surface area contributed by atoms with Crippen molar-refractivity contribution in [2.45, 2.75) is 19.9 Å². The number of rotatable bonds is 5. The van der Waals surface area contributed by atoms with Gasteiger partial charge in [-0.05, 0) is 24.1 Å². The summed E-state index contributed by atoms with van der Waals surface area (Å²) < 4.78 is 0. The second-order valence-electron chi connectivity index (χ2n) is 4.17. The number of benzene rings is 1. The molecule has 0 aliphatic rings. The van der Waals surface area contributed by atoms with E-state index in [-0.39, 0.29) is 24.1 Å². The third kappa shape index (κ3) is 3.61. The molecule has 1 rings (SSSR count). The van der Waals surface area contributed by atoms with Crippen molar-refractivity contribution in [3.63, 3.8) is 0 Å². The van der Waals surface area contributed by atoms with Crippen molar-refractivity contribution in [1.82, 2.24) is 0 Å². The summed E-state index contributed by atoms with van der Waals surface area (Å²) in [5, 5.41) is 21.7. The van der Waals surface area contributed by atoms with Crippen LogP contribution in [0.25, 0.3) is 0 Å². The first kappa shape index (κ1) is 13.8. The number of aromatic carboxylic acids is 1. The Balaban J connectivity index is 3.03. The number of anilines is 1. The molecule has 5 heteroatoms. The first-order valence-corrected chi connectivity index (χ1v) is 5.73. The van der Waals surface area contributed by atoms with E-state index in [1.165, 1.54) is 12.1 Å². The first-order valence-electron chi connectivity index (χ1n) is 5.36. The highest BCUT2D eigenvalue weighted by Crippen LogP contribution is 2.23. The molecule has 0 aromatic heterocycles. The average molecular weight is 258 g/mol. The SMILES string of the molecule is CC(C)[C@@H](CO)Nc1cc(Cl)ccc1C(=O)O. The molecule has 1 atom stereocenters. The topological polar surface area (TPSA) is 69.6 Å². The minimum absolute atomic E-state index is 0.0662. The fourth-order valence-electron chi connectivity index (χ4n) is 1.45. The number of hydrogen-bond acceptors (Lipinski definition) is 3. The number of nitrogens with one attached hydrogen (secondary N) is 1. The van der Waals surface area contributed by atoms with Crippen LogP contribution >= 0.6 is 11.6 Å². The van der Waals surface area contributed by atoms with Crippen molar-refractivity contribution in [3.8, 4) is 0 Å². The molecule has 0 aliphatic heterocycles. The van der Waals surface area contributed by atoms with Crippen molar-refractivity contribution < 1.29 is 15.0 Å². The Hall–Kier alpha value is -1.26. The van der Waals surface area contributed by atoms with Crippen LogP contribution in [-0.4, -0.2) is 28.8 Å². The molecular formula is C12H16ClNO3. The molecule has 0 aliphatic carbocycles. The second kappa shape index (κ2) is 5.89. The molecule has 0 unspecified atom stereocenters. The van der Waals surface area contributed by atoms with E-state index in [0.29, 0.717) is 10.7 Å². The molecule has 0 radical (unpaired) electrons. The lowest BCUT2D eigenvalue weighted by Gasteiger charge is -2.22. The zero-order chi connectivity index (χ0) is 13.0. The van der Waals surface area contributed by atoms with Crippen molar-refractivity contribution in [2.75, 3.05) is 11.9 Å². The van der Waals surface area contributed by atoms with Crippen LogP contribution in [0, 0.1) is 5.92 Å². The summed E-state index contributed by atoms with van der Waals surface area (Å²) in [7, 11) is 0. The van der Waals surface area contributed by atoms with Crippen molar-refractivity contribution in [1.29, 1.82) is 0 Å². The molecule has 0 amide bonds. The third-order valence-electron chi connectivity index (χ3n) is 2.55. The maximum absolute atomic E-state index is 11.0. The average Bonchev–Trinajstić information content (AvgIpc) is 2.25. The summed E-state index contributed by atoms with van der Waals surface area (Å²) in [5.41, 5.74) is 0.575. The van der Waals surface area contributed by atoms with E-state index in [0.717, 1.165) is 0 Å². The van der Waals surface area contributed by atoms with Gasteiger partial charge in [-0.1, -0.05) is 25.4 Å². The molecule has 1 aromatic rings. The standard InChI is InChI=1S/C12H16ClNO3/c1-7(2)11(6-15)14-10-5-8(13)3-4-9(10)12(16)17/h3-5,7,11,14-15H,6H2,1-2H3,(H,16,17)/t11-/m1/s1. The lowest BCUT2D eigenvalue weighted by molar-refractivity contribution is 0.0697.